The van der Waals surface area contributed by atoms with Gasteiger partial charge >= 0.3 is 21.6 Å². The zero-order valence-corrected chi connectivity index (χ0v) is 13.3. The number of Topliss-reactive ketones (excluding diaryl/α,β-unsaturated/α-hetero) is 1. The van der Waals surface area contributed by atoms with Crippen molar-refractivity contribution in [3.8, 4) is 0 Å². The second kappa shape index (κ2) is 7.43. The molecule has 7 nitrogen and oxygen atoms in total. The van der Waals surface area contributed by atoms with Gasteiger partial charge in [-0.2, -0.15) is 21.6 Å². The summed E-state index contributed by atoms with van der Waals surface area (Å²) in [5.74, 6) is -2.56. The SMILES string of the molecule is CCOC(=O)/C(=N\OS(=O)(=O)C(F)(F)F)C(=O)c1ccc(C)cc1. The molecule has 0 aliphatic carbocycles. The van der Waals surface area contributed by atoms with Crippen molar-refractivity contribution in [1.29, 1.82) is 0 Å². The number of rotatable bonds is 6. The molecule has 0 saturated heterocycles. The Morgan fingerprint density at radius 1 is 1.17 bits per heavy atom. The van der Waals surface area contributed by atoms with Crippen molar-refractivity contribution < 1.29 is 40.2 Å². The fraction of sp³-hybridized carbons (Fsp3) is 0.308. The van der Waals surface area contributed by atoms with Crippen LogP contribution < -0.4 is 0 Å². The third-order valence-electron chi connectivity index (χ3n) is 2.51. The van der Waals surface area contributed by atoms with Gasteiger partial charge in [-0.3, -0.25) is 9.08 Å². The van der Waals surface area contributed by atoms with Crippen LogP contribution >= 0.6 is 0 Å². The summed E-state index contributed by atoms with van der Waals surface area (Å²) >= 11 is 0. The first-order valence-electron chi connectivity index (χ1n) is 6.36. The number of hydrogen-bond donors (Lipinski definition) is 0. The van der Waals surface area contributed by atoms with Crippen molar-refractivity contribution in [3.63, 3.8) is 0 Å². The van der Waals surface area contributed by atoms with E-state index in [0.29, 0.717) is 0 Å². The van der Waals surface area contributed by atoms with Crippen molar-refractivity contribution in [1.82, 2.24) is 0 Å². The summed E-state index contributed by atoms with van der Waals surface area (Å²) in [6.07, 6.45) is 0. The van der Waals surface area contributed by atoms with Crippen LogP contribution in [0.15, 0.2) is 29.4 Å². The molecule has 1 aromatic rings. The third kappa shape index (κ3) is 4.78. The lowest BCUT2D eigenvalue weighted by atomic mass is 10.1. The van der Waals surface area contributed by atoms with E-state index in [2.05, 4.69) is 14.2 Å². The molecule has 0 atom stereocenters. The van der Waals surface area contributed by atoms with E-state index in [4.69, 9.17) is 0 Å². The molecule has 0 amide bonds. The number of ether oxygens (including phenoxy) is 1. The maximum atomic E-state index is 12.2. The molecule has 132 valence electrons. The van der Waals surface area contributed by atoms with E-state index in [9.17, 15) is 31.2 Å². The smallest absolute Gasteiger partial charge is 0.461 e. The van der Waals surface area contributed by atoms with Gasteiger partial charge in [0, 0.05) is 5.56 Å². The second-order valence-electron chi connectivity index (χ2n) is 4.33. The van der Waals surface area contributed by atoms with Crippen LogP contribution in [-0.4, -0.2) is 38.0 Å². The monoisotopic (exact) mass is 367 g/mol. The summed E-state index contributed by atoms with van der Waals surface area (Å²) in [5.41, 5.74) is -6.32. The predicted octanol–water partition coefficient (Wildman–Crippen LogP) is 1.96. The minimum absolute atomic E-state index is 0.111. The number of ketones is 1. The summed E-state index contributed by atoms with van der Waals surface area (Å²) in [6, 6.07) is 5.57. The number of halogens is 3. The number of carbonyl (C=O) groups excluding carboxylic acids is 2. The molecule has 0 fully saturated rings. The average molecular weight is 367 g/mol. The number of benzene rings is 1. The molecule has 0 unspecified atom stereocenters. The number of aryl methyl sites for hydroxylation is 1. The lowest BCUT2D eigenvalue weighted by molar-refractivity contribution is -0.135. The Hall–Kier alpha value is -2.43. The van der Waals surface area contributed by atoms with Crippen molar-refractivity contribution in [2.24, 2.45) is 5.16 Å². The highest BCUT2D eigenvalue weighted by molar-refractivity contribution is 7.87. The van der Waals surface area contributed by atoms with Gasteiger partial charge in [-0.05, 0) is 13.8 Å². The number of carbonyl (C=O) groups is 2. The number of nitrogens with zero attached hydrogens (tertiary/aromatic N) is 1. The standard InChI is InChI=1S/C13H12F3NO6S/c1-3-22-12(19)10(17-23-24(20,21)13(14,15)16)11(18)9-6-4-8(2)5-7-9/h4-7H,3H2,1-2H3/b17-10-. The van der Waals surface area contributed by atoms with Gasteiger partial charge in [0.05, 0.1) is 6.61 Å². The molecular formula is C13H12F3NO6S. The van der Waals surface area contributed by atoms with E-state index in [-0.39, 0.29) is 12.2 Å². The van der Waals surface area contributed by atoms with E-state index in [0.717, 1.165) is 5.56 Å². The highest BCUT2D eigenvalue weighted by Crippen LogP contribution is 2.24. The van der Waals surface area contributed by atoms with E-state index < -0.39 is 33.1 Å². The summed E-state index contributed by atoms with van der Waals surface area (Å²) in [7, 11) is -6.11. The van der Waals surface area contributed by atoms with E-state index in [1.165, 1.54) is 31.2 Å². The predicted molar refractivity (Wildman–Crippen MR) is 75.6 cm³/mol. The first kappa shape index (κ1) is 19.6. The molecule has 0 N–H and O–H groups in total. The van der Waals surface area contributed by atoms with Gasteiger partial charge in [-0.1, -0.05) is 35.0 Å². The molecule has 11 heteroatoms. The molecule has 0 radical (unpaired) electrons. The molecule has 0 bridgehead atoms. The van der Waals surface area contributed by atoms with Gasteiger partial charge in [0.1, 0.15) is 0 Å². The van der Waals surface area contributed by atoms with Crippen LogP contribution in [0.1, 0.15) is 22.8 Å². The Balaban J connectivity index is 3.22. The van der Waals surface area contributed by atoms with Gasteiger partial charge in [0.25, 0.3) is 0 Å². The van der Waals surface area contributed by atoms with Crippen molar-refractivity contribution in [2.45, 2.75) is 19.4 Å². The van der Waals surface area contributed by atoms with Crippen LogP contribution in [0.3, 0.4) is 0 Å². The maximum absolute atomic E-state index is 12.2. The molecule has 1 aromatic carbocycles. The van der Waals surface area contributed by atoms with Crippen LogP contribution in [0.5, 0.6) is 0 Å². The number of alkyl halides is 3. The van der Waals surface area contributed by atoms with Gasteiger partial charge < -0.3 is 4.74 Å². The summed E-state index contributed by atoms with van der Waals surface area (Å²) in [6.45, 7) is 2.87. The molecule has 0 heterocycles. The first-order valence-corrected chi connectivity index (χ1v) is 7.77. The van der Waals surface area contributed by atoms with Gasteiger partial charge in [0.2, 0.25) is 11.5 Å². The Kier molecular flexibility index (Phi) is 6.07. The molecule has 0 aliphatic rings. The van der Waals surface area contributed by atoms with Crippen molar-refractivity contribution in [3.05, 3.63) is 35.4 Å². The number of hydrogen-bond acceptors (Lipinski definition) is 7. The lowest BCUT2D eigenvalue weighted by Gasteiger charge is -2.07. The highest BCUT2D eigenvalue weighted by Gasteiger charge is 2.49. The minimum atomic E-state index is -6.11. The zero-order valence-electron chi connectivity index (χ0n) is 12.5. The number of esters is 1. The fourth-order valence-electron chi connectivity index (χ4n) is 1.34. The third-order valence-corrected chi connectivity index (χ3v) is 3.35. The molecule has 1 rings (SSSR count). The molecule has 0 saturated carbocycles. The summed E-state index contributed by atoms with van der Waals surface area (Å²) < 4.78 is 66.2. The topological polar surface area (TPSA) is 99.1 Å². The van der Waals surface area contributed by atoms with Crippen LogP contribution in [-0.2, 0) is 23.9 Å². The summed E-state index contributed by atoms with van der Waals surface area (Å²) in [4.78, 5) is 23.8. The fourth-order valence-corrected chi connectivity index (χ4v) is 1.60. The Labute approximate surface area is 135 Å². The van der Waals surface area contributed by atoms with E-state index in [1.807, 2.05) is 0 Å². The summed E-state index contributed by atoms with van der Waals surface area (Å²) in [5, 5.41) is 2.56. The van der Waals surface area contributed by atoms with E-state index in [1.54, 1.807) is 6.92 Å². The van der Waals surface area contributed by atoms with Crippen molar-refractivity contribution in [2.75, 3.05) is 6.61 Å². The number of oxime groups is 1. The van der Waals surface area contributed by atoms with Crippen LogP contribution in [0.2, 0.25) is 0 Å². The normalized spacial score (nSPS) is 12.6. The quantitative estimate of drug-likeness (QED) is 0.190. The second-order valence-corrected chi connectivity index (χ2v) is 5.85. The molecule has 0 spiro atoms. The largest absolute Gasteiger partial charge is 0.536 e. The van der Waals surface area contributed by atoms with Crippen LogP contribution in [0, 0.1) is 6.92 Å². The lowest BCUT2D eigenvalue weighted by Crippen LogP contribution is -2.29. The molecular weight excluding hydrogens is 355 g/mol. The molecule has 0 aromatic heterocycles. The molecule has 0 aliphatic heterocycles. The van der Waals surface area contributed by atoms with Crippen molar-refractivity contribution >= 4 is 27.6 Å². The first-order chi connectivity index (χ1) is 11.0. The minimum Gasteiger partial charge on any atom is -0.461 e. The highest BCUT2D eigenvalue weighted by atomic mass is 32.2. The maximum Gasteiger partial charge on any atom is 0.536 e. The molecule has 24 heavy (non-hydrogen) atoms. The van der Waals surface area contributed by atoms with Gasteiger partial charge in [-0.15, -0.1) is 0 Å². The Morgan fingerprint density at radius 2 is 1.71 bits per heavy atom. The van der Waals surface area contributed by atoms with Crippen LogP contribution in [0.25, 0.3) is 0 Å². The Bertz CT molecular complexity index is 753. The van der Waals surface area contributed by atoms with Gasteiger partial charge in [-0.25, -0.2) is 4.79 Å². The van der Waals surface area contributed by atoms with Crippen LogP contribution in [0.4, 0.5) is 13.2 Å². The van der Waals surface area contributed by atoms with E-state index >= 15 is 0 Å². The Morgan fingerprint density at radius 3 is 2.17 bits per heavy atom. The zero-order chi connectivity index (χ0) is 18.5. The van der Waals surface area contributed by atoms with Gasteiger partial charge in [0.15, 0.2) is 0 Å². The average Bonchev–Trinajstić information content (AvgIpc) is 2.47.